The van der Waals surface area contributed by atoms with Crippen LogP contribution in [0.1, 0.15) is 30.8 Å². The van der Waals surface area contributed by atoms with E-state index in [1.54, 1.807) is 13.8 Å². The van der Waals surface area contributed by atoms with Crippen LogP contribution in [-0.4, -0.2) is 14.9 Å². The van der Waals surface area contributed by atoms with Crippen molar-refractivity contribution in [3.8, 4) is 0 Å². The molecule has 1 aromatic heterocycles. The molecule has 0 aliphatic heterocycles. The van der Waals surface area contributed by atoms with Gasteiger partial charge in [0.2, 0.25) is 0 Å². The molecule has 2 aromatic rings. The SMILES string of the molecule is Cc1cc(C(C)(C)O)n(Cc2cccc(Br)c2)n1. The molecular weight excluding hydrogens is 292 g/mol. The Balaban J connectivity index is 2.35. The average molecular weight is 309 g/mol. The molecule has 1 aromatic carbocycles. The molecular formula is C14H17BrN2O. The molecule has 0 amide bonds. The van der Waals surface area contributed by atoms with Crippen LogP contribution in [0.5, 0.6) is 0 Å². The number of nitrogens with zero attached hydrogens (tertiary/aromatic N) is 2. The van der Waals surface area contributed by atoms with Crippen molar-refractivity contribution in [3.05, 3.63) is 51.8 Å². The number of benzene rings is 1. The van der Waals surface area contributed by atoms with Crippen LogP contribution < -0.4 is 0 Å². The molecule has 0 radical (unpaired) electrons. The molecule has 1 N–H and O–H groups in total. The van der Waals surface area contributed by atoms with Gasteiger partial charge in [-0.05, 0) is 44.5 Å². The molecule has 0 spiro atoms. The fourth-order valence-electron chi connectivity index (χ4n) is 1.97. The predicted molar refractivity (Wildman–Crippen MR) is 75.5 cm³/mol. The van der Waals surface area contributed by atoms with Gasteiger partial charge in [-0.1, -0.05) is 28.1 Å². The predicted octanol–water partition coefficient (Wildman–Crippen LogP) is 3.23. The lowest BCUT2D eigenvalue weighted by atomic mass is 10.1. The van der Waals surface area contributed by atoms with Gasteiger partial charge in [0.15, 0.2) is 0 Å². The summed E-state index contributed by atoms with van der Waals surface area (Å²) in [6, 6.07) is 10.0. The van der Waals surface area contributed by atoms with Crippen molar-refractivity contribution in [2.45, 2.75) is 32.9 Å². The molecule has 0 atom stereocenters. The molecule has 96 valence electrons. The molecule has 1 heterocycles. The molecule has 0 unspecified atom stereocenters. The Labute approximate surface area is 116 Å². The van der Waals surface area contributed by atoms with E-state index in [1.807, 2.05) is 29.8 Å². The molecule has 0 bridgehead atoms. The van der Waals surface area contributed by atoms with Crippen LogP contribution in [0.4, 0.5) is 0 Å². The van der Waals surface area contributed by atoms with Crippen LogP contribution in [0.25, 0.3) is 0 Å². The number of halogens is 1. The second-order valence-corrected chi connectivity index (χ2v) is 5.93. The summed E-state index contributed by atoms with van der Waals surface area (Å²) in [5.74, 6) is 0. The van der Waals surface area contributed by atoms with Gasteiger partial charge >= 0.3 is 0 Å². The quantitative estimate of drug-likeness (QED) is 0.945. The van der Waals surface area contributed by atoms with Gasteiger partial charge in [0.1, 0.15) is 5.60 Å². The summed E-state index contributed by atoms with van der Waals surface area (Å²) in [5.41, 5.74) is 2.02. The van der Waals surface area contributed by atoms with Gasteiger partial charge in [-0.2, -0.15) is 5.10 Å². The van der Waals surface area contributed by atoms with E-state index < -0.39 is 5.60 Å². The van der Waals surface area contributed by atoms with Gasteiger partial charge in [0.25, 0.3) is 0 Å². The first-order valence-corrected chi connectivity index (χ1v) is 6.67. The third-order valence-electron chi connectivity index (χ3n) is 2.75. The third-order valence-corrected chi connectivity index (χ3v) is 3.24. The number of rotatable bonds is 3. The number of hydrogen-bond donors (Lipinski definition) is 1. The lowest BCUT2D eigenvalue weighted by molar-refractivity contribution is 0.0688. The van der Waals surface area contributed by atoms with E-state index in [-0.39, 0.29) is 0 Å². The van der Waals surface area contributed by atoms with Crippen LogP contribution in [0.3, 0.4) is 0 Å². The summed E-state index contributed by atoms with van der Waals surface area (Å²) < 4.78 is 2.91. The number of aryl methyl sites for hydroxylation is 1. The summed E-state index contributed by atoms with van der Waals surface area (Å²) >= 11 is 3.46. The maximum Gasteiger partial charge on any atom is 0.101 e. The average Bonchev–Trinajstić information content (AvgIpc) is 2.59. The topological polar surface area (TPSA) is 38.0 Å². The normalized spacial score (nSPS) is 11.8. The molecule has 0 aliphatic carbocycles. The van der Waals surface area contributed by atoms with Crippen molar-refractivity contribution < 1.29 is 5.11 Å². The van der Waals surface area contributed by atoms with E-state index >= 15 is 0 Å². The van der Waals surface area contributed by atoms with E-state index in [0.29, 0.717) is 6.54 Å². The van der Waals surface area contributed by atoms with Crippen molar-refractivity contribution in [3.63, 3.8) is 0 Å². The zero-order chi connectivity index (χ0) is 13.3. The minimum Gasteiger partial charge on any atom is -0.384 e. The summed E-state index contributed by atoms with van der Waals surface area (Å²) in [6.07, 6.45) is 0. The van der Waals surface area contributed by atoms with Gasteiger partial charge < -0.3 is 5.11 Å². The monoisotopic (exact) mass is 308 g/mol. The smallest absolute Gasteiger partial charge is 0.101 e. The highest BCUT2D eigenvalue weighted by Gasteiger charge is 2.22. The maximum absolute atomic E-state index is 10.1. The Bertz CT molecular complexity index is 555. The van der Waals surface area contributed by atoms with Crippen LogP contribution in [0, 0.1) is 6.92 Å². The first-order valence-electron chi connectivity index (χ1n) is 5.88. The Kier molecular flexibility index (Phi) is 3.59. The first-order chi connectivity index (χ1) is 8.36. The van der Waals surface area contributed by atoms with Gasteiger partial charge in [-0.3, -0.25) is 4.68 Å². The zero-order valence-corrected chi connectivity index (χ0v) is 12.4. The standard InChI is InChI=1S/C14H17BrN2O/c1-10-7-13(14(2,3)18)17(16-10)9-11-5-4-6-12(15)8-11/h4-8,18H,9H2,1-3H3. The Morgan fingerprint density at radius 2 is 2.06 bits per heavy atom. The van der Waals surface area contributed by atoms with Crippen LogP contribution in [0.15, 0.2) is 34.8 Å². The van der Waals surface area contributed by atoms with E-state index in [1.165, 1.54) is 0 Å². The van der Waals surface area contributed by atoms with Gasteiger partial charge in [-0.25, -0.2) is 0 Å². The highest BCUT2D eigenvalue weighted by atomic mass is 79.9. The number of aliphatic hydroxyl groups is 1. The number of hydrogen-bond acceptors (Lipinski definition) is 2. The third kappa shape index (κ3) is 3.00. The van der Waals surface area contributed by atoms with Crippen LogP contribution >= 0.6 is 15.9 Å². The summed E-state index contributed by atoms with van der Waals surface area (Å²) in [7, 11) is 0. The number of aromatic nitrogens is 2. The highest BCUT2D eigenvalue weighted by molar-refractivity contribution is 9.10. The van der Waals surface area contributed by atoms with Crippen molar-refractivity contribution in [2.24, 2.45) is 0 Å². The Hall–Kier alpha value is -1.13. The van der Waals surface area contributed by atoms with Crippen molar-refractivity contribution in [1.29, 1.82) is 0 Å². The van der Waals surface area contributed by atoms with Crippen molar-refractivity contribution >= 4 is 15.9 Å². The first kappa shape index (κ1) is 13.3. The lowest BCUT2D eigenvalue weighted by Crippen LogP contribution is -2.21. The Morgan fingerprint density at radius 3 is 2.67 bits per heavy atom. The zero-order valence-electron chi connectivity index (χ0n) is 10.8. The molecule has 0 fully saturated rings. The largest absolute Gasteiger partial charge is 0.384 e. The fourth-order valence-corrected chi connectivity index (χ4v) is 2.41. The summed E-state index contributed by atoms with van der Waals surface area (Å²) in [5, 5.41) is 14.6. The lowest BCUT2D eigenvalue weighted by Gasteiger charge is -2.19. The molecule has 0 saturated heterocycles. The summed E-state index contributed by atoms with van der Waals surface area (Å²) in [6.45, 7) is 6.15. The van der Waals surface area contributed by atoms with Gasteiger partial charge in [-0.15, -0.1) is 0 Å². The fraction of sp³-hybridized carbons (Fsp3) is 0.357. The van der Waals surface area contributed by atoms with Gasteiger partial charge in [0.05, 0.1) is 17.9 Å². The van der Waals surface area contributed by atoms with E-state index in [2.05, 4.69) is 33.2 Å². The molecule has 4 heteroatoms. The molecule has 0 aliphatic rings. The van der Waals surface area contributed by atoms with Crippen molar-refractivity contribution in [2.75, 3.05) is 0 Å². The van der Waals surface area contributed by atoms with Crippen LogP contribution in [-0.2, 0) is 12.1 Å². The minimum atomic E-state index is -0.882. The Morgan fingerprint density at radius 1 is 1.33 bits per heavy atom. The van der Waals surface area contributed by atoms with E-state index in [4.69, 9.17) is 0 Å². The molecule has 0 saturated carbocycles. The van der Waals surface area contributed by atoms with E-state index in [9.17, 15) is 5.11 Å². The molecule has 3 nitrogen and oxygen atoms in total. The second kappa shape index (κ2) is 4.86. The summed E-state index contributed by atoms with van der Waals surface area (Å²) in [4.78, 5) is 0. The maximum atomic E-state index is 10.1. The van der Waals surface area contributed by atoms with Crippen LogP contribution in [0.2, 0.25) is 0 Å². The molecule has 2 rings (SSSR count). The minimum absolute atomic E-state index is 0.659. The second-order valence-electron chi connectivity index (χ2n) is 5.02. The van der Waals surface area contributed by atoms with Crippen molar-refractivity contribution in [1.82, 2.24) is 9.78 Å². The molecule has 18 heavy (non-hydrogen) atoms. The highest BCUT2D eigenvalue weighted by Crippen LogP contribution is 2.22. The van der Waals surface area contributed by atoms with Gasteiger partial charge in [0, 0.05) is 4.47 Å². The van der Waals surface area contributed by atoms with E-state index in [0.717, 1.165) is 21.4 Å².